The first-order valence-corrected chi connectivity index (χ1v) is 7.21. The molecule has 2 N–H and O–H groups in total. The molecule has 0 aliphatic heterocycles. The van der Waals surface area contributed by atoms with E-state index < -0.39 is 17.6 Å². The van der Waals surface area contributed by atoms with Crippen LogP contribution in [0.4, 0.5) is 24.5 Å². The smallest absolute Gasteiger partial charge is 0.360 e. The summed E-state index contributed by atoms with van der Waals surface area (Å²) >= 11 is 0. The van der Waals surface area contributed by atoms with Crippen molar-refractivity contribution >= 4 is 17.3 Å². The first kappa shape index (κ1) is 18.1. The number of benzene rings is 2. The third-order valence-electron chi connectivity index (χ3n) is 3.25. The topological polar surface area (TPSA) is 64.9 Å². The van der Waals surface area contributed by atoms with E-state index in [4.69, 9.17) is 5.26 Å². The van der Waals surface area contributed by atoms with E-state index in [0.717, 1.165) is 17.7 Å². The molecule has 0 atom stereocenters. The summed E-state index contributed by atoms with van der Waals surface area (Å²) in [5, 5.41) is 14.2. The summed E-state index contributed by atoms with van der Waals surface area (Å²) in [5.41, 5.74) is 0.530. The van der Waals surface area contributed by atoms with Crippen LogP contribution < -0.4 is 10.6 Å². The Morgan fingerprint density at radius 1 is 1.12 bits per heavy atom. The van der Waals surface area contributed by atoms with Gasteiger partial charge in [0.2, 0.25) is 0 Å². The van der Waals surface area contributed by atoms with Gasteiger partial charge >= 0.3 is 6.18 Å². The molecule has 0 unspecified atom stereocenters. The number of amides is 1. The van der Waals surface area contributed by atoms with Gasteiger partial charge in [-0.3, -0.25) is 4.79 Å². The lowest BCUT2D eigenvalue weighted by Gasteiger charge is -2.09. The normalized spacial score (nSPS) is 11.6. The fourth-order valence-corrected chi connectivity index (χ4v) is 1.93. The number of carbonyl (C=O) groups excluding carboxylic acids is 1. The molecule has 0 spiro atoms. The van der Waals surface area contributed by atoms with Crippen molar-refractivity contribution in [1.29, 1.82) is 5.26 Å². The van der Waals surface area contributed by atoms with Crippen molar-refractivity contribution in [3.63, 3.8) is 0 Å². The third-order valence-corrected chi connectivity index (χ3v) is 3.25. The van der Waals surface area contributed by atoms with Crippen molar-refractivity contribution < 1.29 is 18.0 Å². The lowest BCUT2D eigenvalue weighted by Crippen LogP contribution is -2.15. The number of nitrogens with one attached hydrogen (secondary N) is 2. The van der Waals surface area contributed by atoms with Crippen LogP contribution in [0.15, 0.2) is 60.3 Å². The van der Waals surface area contributed by atoms with Gasteiger partial charge in [-0.15, -0.1) is 0 Å². The van der Waals surface area contributed by atoms with Crippen molar-refractivity contribution in [1.82, 2.24) is 0 Å². The Morgan fingerprint density at radius 3 is 2.40 bits per heavy atom. The summed E-state index contributed by atoms with van der Waals surface area (Å²) in [5.74, 6) is -0.804. The van der Waals surface area contributed by atoms with Crippen molar-refractivity contribution in [2.45, 2.75) is 13.1 Å². The van der Waals surface area contributed by atoms with Crippen molar-refractivity contribution in [2.75, 3.05) is 10.6 Å². The Morgan fingerprint density at radius 2 is 1.80 bits per heavy atom. The molecular formula is C18H14F3N3O. The fraction of sp³-hybridized carbons (Fsp3) is 0.111. The second kappa shape index (κ2) is 7.53. The highest BCUT2D eigenvalue weighted by Crippen LogP contribution is 2.30. The molecule has 0 radical (unpaired) electrons. The van der Waals surface area contributed by atoms with Crippen molar-refractivity contribution in [3.8, 4) is 6.07 Å². The van der Waals surface area contributed by atoms with E-state index in [1.54, 1.807) is 18.2 Å². The second-order valence-electron chi connectivity index (χ2n) is 5.21. The predicted octanol–water partition coefficient (Wildman–Crippen LogP) is 4.47. The van der Waals surface area contributed by atoms with Gasteiger partial charge in [-0.05, 0) is 37.3 Å². The lowest BCUT2D eigenvalue weighted by molar-refractivity contribution is -0.137. The van der Waals surface area contributed by atoms with Crippen LogP contribution in [0.2, 0.25) is 0 Å². The average molecular weight is 345 g/mol. The Kier molecular flexibility index (Phi) is 5.45. The Labute approximate surface area is 142 Å². The van der Waals surface area contributed by atoms with Gasteiger partial charge in [0.25, 0.3) is 5.91 Å². The summed E-state index contributed by atoms with van der Waals surface area (Å²) in [4.78, 5) is 12.1. The van der Waals surface area contributed by atoms with Crippen LogP contribution in [-0.2, 0) is 11.0 Å². The number of alkyl halides is 3. The van der Waals surface area contributed by atoms with E-state index in [9.17, 15) is 18.0 Å². The highest BCUT2D eigenvalue weighted by molar-refractivity contribution is 6.06. The van der Waals surface area contributed by atoms with Crippen LogP contribution in [0, 0.1) is 18.3 Å². The van der Waals surface area contributed by atoms with E-state index >= 15 is 0 Å². The zero-order valence-corrected chi connectivity index (χ0v) is 13.2. The molecule has 0 bridgehead atoms. The Balaban J connectivity index is 2.11. The van der Waals surface area contributed by atoms with Crippen LogP contribution in [0.5, 0.6) is 0 Å². The minimum Gasteiger partial charge on any atom is -0.360 e. The largest absolute Gasteiger partial charge is 0.416 e. The molecule has 0 heterocycles. The van der Waals surface area contributed by atoms with E-state index in [-0.39, 0.29) is 11.3 Å². The van der Waals surface area contributed by atoms with Crippen LogP contribution in [0.1, 0.15) is 11.1 Å². The zero-order valence-electron chi connectivity index (χ0n) is 13.2. The highest BCUT2D eigenvalue weighted by Gasteiger charge is 2.30. The first-order chi connectivity index (χ1) is 11.8. The minimum absolute atomic E-state index is 0.0451. The van der Waals surface area contributed by atoms with Crippen LogP contribution >= 0.6 is 0 Å². The Bertz CT molecular complexity index is 834. The summed E-state index contributed by atoms with van der Waals surface area (Å²) in [6.45, 7) is 1.92. The molecule has 0 aromatic heterocycles. The summed E-state index contributed by atoms with van der Waals surface area (Å²) in [7, 11) is 0. The third kappa shape index (κ3) is 5.11. The van der Waals surface area contributed by atoms with Gasteiger partial charge in [-0.25, -0.2) is 0 Å². The molecule has 128 valence electrons. The fourth-order valence-electron chi connectivity index (χ4n) is 1.93. The van der Waals surface area contributed by atoms with Gasteiger partial charge in [0, 0.05) is 17.6 Å². The Hall–Kier alpha value is -3.27. The molecule has 0 saturated carbocycles. The second-order valence-corrected chi connectivity index (χ2v) is 5.21. The molecule has 0 aliphatic rings. The number of rotatable bonds is 4. The maximum absolute atomic E-state index is 12.7. The number of hydrogen-bond acceptors (Lipinski definition) is 3. The van der Waals surface area contributed by atoms with Gasteiger partial charge in [0.15, 0.2) is 0 Å². The van der Waals surface area contributed by atoms with E-state index in [0.29, 0.717) is 5.69 Å². The van der Waals surface area contributed by atoms with E-state index in [1.165, 1.54) is 18.3 Å². The molecule has 25 heavy (non-hydrogen) atoms. The molecule has 0 fully saturated rings. The van der Waals surface area contributed by atoms with E-state index in [1.807, 2.05) is 19.1 Å². The van der Waals surface area contributed by atoms with Crippen molar-refractivity contribution in [3.05, 3.63) is 71.4 Å². The molecule has 1 amide bonds. The van der Waals surface area contributed by atoms with Crippen LogP contribution in [0.3, 0.4) is 0 Å². The molecule has 0 aliphatic carbocycles. The summed E-state index contributed by atoms with van der Waals surface area (Å²) < 4.78 is 38.0. The van der Waals surface area contributed by atoms with Crippen molar-refractivity contribution in [2.24, 2.45) is 0 Å². The van der Waals surface area contributed by atoms with Gasteiger partial charge < -0.3 is 10.6 Å². The van der Waals surface area contributed by atoms with Gasteiger partial charge in [0.05, 0.1) is 5.56 Å². The van der Waals surface area contributed by atoms with E-state index in [2.05, 4.69) is 10.6 Å². The van der Waals surface area contributed by atoms with Gasteiger partial charge in [-0.1, -0.05) is 23.8 Å². The standard InChI is InChI=1S/C18H14F3N3O/c1-12-5-7-15(8-6-12)23-11-13(10-22)17(25)24-16-4-2-3-14(9-16)18(19,20)21/h2-9,11,23H,1H3,(H,24,25)/b13-11-. The number of carbonyl (C=O) groups is 1. The number of halogens is 3. The predicted molar refractivity (Wildman–Crippen MR) is 88.6 cm³/mol. The molecular weight excluding hydrogens is 331 g/mol. The highest BCUT2D eigenvalue weighted by atomic mass is 19.4. The van der Waals surface area contributed by atoms with Crippen LogP contribution in [-0.4, -0.2) is 5.91 Å². The molecule has 4 nitrogen and oxygen atoms in total. The molecule has 7 heteroatoms. The monoisotopic (exact) mass is 345 g/mol. The maximum atomic E-state index is 12.7. The number of nitrogens with zero attached hydrogens (tertiary/aromatic N) is 1. The molecule has 2 aromatic carbocycles. The average Bonchev–Trinajstić information content (AvgIpc) is 2.56. The summed E-state index contributed by atoms with van der Waals surface area (Å²) in [6.07, 6.45) is -3.31. The molecule has 2 aromatic rings. The minimum atomic E-state index is -4.51. The first-order valence-electron chi connectivity index (χ1n) is 7.21. The van der Waals surface area contributed by atoms with Gasteiger partial charge in [-0.2, -0.15) is 18.4 Å². The summed E-state index contributed by atoms with van der Waals surface area (Å²) in [6, 6.07) is 13.2. The number of anilines is 2. The van der Waals surface area contributed by atoms with Crippen LogP contribution in [0.25, 0.3) is 0 Å². The lowest BCUT2D eigenvalue weighted by atomic mass is 10.2. The van der Waals surface area contributed by atoms with Gasteiger partial charge in [0.1, 0.15) is 11.6 Å². The SMILES string of the molecule is Cc1ccc(N/C=C(/C#N)C(=O)Nc2cccc(C(F)(F)F)c2)cc1. The number of aryl methyl sites for hydroxylation is 1. The maximum Gasteiger partial charge on any atom is 0.416 e. The number of hydrogen-bond donors (Lipinski definition) is 2. The molecule has 0 saturated heterocycles. The molecule has 2 rings (SSSR count). The zero-order chi connectivity index (χ0) is 18.4. The quantitative estimate of drug-likeness (QED) is 0.635. The number of nitriles is 1.